The van der Waals surface area contributed by atoms with Crippen LogP contribution in [0.1, 0.15) is 42.1 Å². The zero-order valence-electron chi connectivity index (χ0n) is 12.5. The van der Waals surface area contributed by atoms with Crippen molar-refractivity contribution in [2.45, 2.75) is 37.6 Å². The van der Waals surface area contributed by atoms with Crippen molar-refractivity contribution in [3.8, 4) is 0 Å². The summed E-state index contributed by atoms with van der Waals surface area (Å²) in [6.45, 7) is 4.38. The molecular formula is C18H23NS. The van der Waals surface area contributed by atoms with Gasteiger partial charge >= 0.3 is 0 Å². The Morgan fingerprint density at radius 3 is 2.40 bits per heavy atom. The van der Waals surface area contributed by atoms with E-state index < -0.39 is 0 Å². The van der Waals surface area contributed by atoms with Gasteiger partial charge in [0.25, 0.3) is 0 Å². The molecule has 0 aliphatic carbocycles. The van der Waals surface area contributed by atoms with Gasteiger partial charge in [-0.3, -0.25) is 0 Å². The van der Waals surface area contributed by atoms with Crippen molar-refractivity contribution in [3.63, 3.8) is 0 Å². The van der Waals surface area contributed by atoms with E-state index in [0.29, 0.717) is 0 Å². The third kappa shape index (κ3) is 3.08. The Hall–Kier alpha value is -1.25. The van der Waals surface area contributed by atoms with Crippen molar-refractivity contribution >= 4 is 11.8 Å². The summed E-state index contributed by atoms with van der Waals surface area (Å²) >= 11 is 1.76. The van der Waals surface area contributed by atoms with E-state index in [-0.39, 0.29) is 6.04 Å². The van der Waals surface area contributed by atoms with Crippen LogP contribution in [0.5, 0.6) is 0 Å². The minimum Gasteiger partial charge on any atom is -0.320 e. The molecule has 2 rings (SSSR count). The zero-order valence-corrected chi connectivity index (χ0v) is 13.3. The Morgan fingerprint density at radius 2 is 1.75 bits per heavy atom. The van der Waals surface area contributed by atoms with Crippen LogP contribution in [-0.4, -0.2) is 6.26 Å². The van der Waals surface area contributed by atoms with Crippen LogP contribution < -0.4 is 5.73 Å². The minimum atomic E-state index is -0.0416. The lowest BCUT2D eigenvalue weighted by molar-refractivity contribution is 0.826. The van der Waals surface area contributed by atoms with Crippen LogP contribution in [0.4, 0.5) is 0 Å². The molecule has 2 heteroatoms. The van der Waals surface area contributed by atoms with Crippen LogP contribution in [-0.2, 0) is 12.8 Å². The van der Waals surface area contributed by atoms with E-state index in [9.17, 15) is 0 Å². The highest BCUT2D eigenvalue weighted by molar-refractivity contribution is 7.98. The average Bonchev–Trinajstić information content (AvgIpc) is 2.53. The molecule has 1 atom stereocenters. The quantitative estimate of drug-likeness (QED) is 0.814. The Morgan fingerprint density at radius 1 is 1.00 bits per heavy atom. The Balaban J connectivity index is 2.49. The highest BCUT2D eigenvalue weighted by atomic mass is 32.2. The number of rotatable bonds is 5. The maximum absolute atomic E-state index is 6.58. The standard InChI is InChI=1S/C18H23NS/c1-4-13-10-11-14(5-2)16(12-13)18(19)15-8-6-7-9-17(15)20-3/h6-12,18H,4-5,19H2,1-3H3. The van der Waals surface area contributed by atoms with Gasteiger partial charge in [0, 0.05) is 4.90 Å². The molecule has 1 unspecified atom stereocenters. The SMILES string of the molecule is CCc1ccc(CC)c(C(N)c2ccccc2SC)c1. The summed E-state index contributed by atoms with van der Waals surface area (Å²) in [4.78, 5) is 1.27. The molecule has 0 amide bonds. The first kappa shape index (κ1) is 15.1. The first-order valence-corrected chi connectivity index (χ1v) is 8.43. The number of nitrogens with two attached hydrogens (primary N) is 1. The van der Waals surface area contributed by atoms with Crippen LogP contribution in [0.15, 0.2) is 47.4 Å². The summed E-state index contributed by atoms with van der Waals surface area (Å²) < 4.78 is 0. The Labute approximate surface area is 126 Å². The fourth-order valence-electron chi connectivity index (χ4n) is 2.57. The van der Waals surface area contributed by atoms with Crippen LogP contribution >= 0.6 is 11.8 Å². The lowest BCUT2D eigenvalue weighted by Crippen LogP contribution is -2.15. The highest BCUT2D eigenvalue weighted by Gasteiger charge is 2.15. The lowest BCUT2D eigenvalue weighted by atomic mass is 9.92. The molecular weight excluding hydrogens is 262 g/mol. The molecule has 0 aliphatic heterocycles. The molecule has 0 spiro atoms. The third-order valence-electron chi connectivity index (χ3n) is 3.81. The summed E-state index contributed by atoms with van der Waals surface area (Å²) in [5.41, 5.74) is 11.8. The summed E-state index contributed by atoms with van der Waals surface area (Å²) in [5, 5.41) is 0. The van der Waals surface area contributed by atoms with Crippen molar-refractivity contribution in [2.75, 3.05) is 6.26 Å². The number of hydrogen-bond acceptors (Lipinski definition) is 2. The number of aryl methyl sites for hydroxylation is 2. The number of hydrogen-bond donors (Lipinski definition) is 1. The molecule has 1 nitrogen and oxygen atoms in total. The molecule has 2 aromatic carbocycles. The van der Waals surface area contributed by atoms with Gasteiger partial charge in [-0.2, -0.15) is 0 Å². The van der Waals surface area contributed by atoms with Gasteiger partial charge in [0.15, 0.2) is 0 Å². The summed E-state index contributed by atoms with van der Waals surface area (Å²) in [5.74, 6) is 0. The minimum absolute atomic E-state index is 0.0416. The number of thioether (sulfide) groups is 1. The fourth-order valence-corrected chi connectivity index (χ4v) is 3.21. The van der Waals surface area contributed by atoms with E-state index in [2.05, 4.69) is 62.6 Å². The van der Waals surface area contributed by atoms with Crippen LogP contribution in [0, 0.1) is 0 Å². The Bertz CT molecular complexity index is 577. The van der Waals surface area contributed by atoms with Crippen molar-refractivity contribution < 1.29 is 0 Å². The molecule has 0 saturated heterocycles. The van der Waals surface area contributed by atoms with E-state index in [4.69, 9.17) is 5.73 Å². The van der Waals surface area contributed by atoms with Gasteiger partial charge in [0.1, 0.15) is 0 Å². The molecule has 2 aromatic rings. The van der Waals surface area contributed by atoms with E-state index in [1.54, 1.807) is 11.8 Å². The fraction of sp³-hybridized carbons (Fsp3) is 0.333. The molecule has 0 fully saturated rings. The molecule has 0 aromatic heterocycles. The van der Waals surface area contributed by atoms with Crippen molar-refractivity contribution in [1.82, 2.24) is 0 Å². The molecule has 20 heavy (non-hydrogen) atoms. The lowest BCUT2D eigenvalue weighted by Gasteiger charge is -2.20. The van der Waals surface area contributed by atoms with Gasteiger partial charge in [0.2, 0.25) is 0 Å². The van der Waals surface area contributed by atoms with Gasteiger partial charge in [-0.25, -0.2) is 0 Å². The van der Waals surface area contributed by atoms with Crippen molar-refractivity contribution in [1.29, 1.82) is 0 Å². The van der Waals surface area contributed by atoms with Gasteiger partial charge in [-0.15, -0.1) is 11.8 Å². The predicted octanol–water partition coefficient (Wildman–Crippen LogP) is 4.58. The van der Waals surface area contributed by atoms with E-state index in [1.165, 1.54) is 27.1 Å². The Kier molecular flexibility index (Phi) is 5.27. The van der Waals surface area contributed by atoms with Crippen LogP contribution in [0.25, 0.3) is 0 Å². The molecule has 106 valence electrons. The first-order valence-electron chi connectivity index (χ1n) is 7.21. The average molecular weight is 285 g/mol. The first-order chi connectivity index (χ1) is 9.71. The van der Waals surface area contributed by atoms with Gasteiger partial charge in [-0.05, 0) is 47.4 Å². The number of benzene rings is 2. The zero-order chi connectivity index (χ0) is 14.5. The normalized spacial score (nSPS) is 12.4. The maximum Gasteiger partial charge on any atom is 0.0565 e. The molecule has 0 saturated carbocycles. The second-order valence-electron chi connectivity index (χ2n) is 4.96. The van der Waals surface area contributed by atoms with Crippen LogP contribution in [0.2, 0.25) is 0 Å². The summed E-state index contributed by atoms with van der Waals surface area (Å²) in [7, 11) is 0. The van der Waals surface area contributed by atoms with Crippen LogP contribution in [0.3, 0.4) is 0 Å². The molecule has 0 heterocycles. The summed E-state index contributed by atoms with van der Waals surface area (Å²) in [6.07, 6.45) is 4.18. The smallest absolute Gasteiger partial charge is 0.0565 e. The van der Waals surface area contributed by atoms with Crippen molar-refractivity contribution in [2.24, 2.45) is 5.73 Å². The van der Waals surface area contributed by atoms with Crippen molar-refractivity contribution in [3.05, 3.63) is 64.7 Å². The van der Waals surface area contributed by atoms with Gasteiger partial charge in [0.05, 0.1) is 6.04 Å². The topological polar surface area (TPSA) is 26.0 Å². The molecule has 0 radical (unpaired) electrons. The van der Waals surface area contributed by atoms with E-state index in [1.807, 2.05) is 0 Å². The molecule has 0 aliphatic rings. The maximum atomic E-state index is 6.58. The largest absolute Gasteiger partial charge is 0.320 e. The van der Waals surface area contributed by atoms with Gasteiger partial charge < -0.3 is 5.73 Å². The third-order valence-corrected chi connectivity index (χ3v) is 4.62. The summed E-state index contributed by atoms with van der Waals surface area (Å²) in [6, 6.07) is 15.1. The van der Waals surface area contributed by atoms with E-state index in [0.717, 1.165) is 12.8 Å². The molecule has 2 N–H and O–H groups in total. The molecule has 0 bridgehead atoms. The van der Waals surface area contributed by atoms with E-state index >= 15 is 0 Å². The predicted molar refractivity (Wildman–Crippen MR) is 89.5 cm³/mol. The monoisotopic (exact) mass is 285 g/mol. The second-order valence-corrected chi connectivity index (χ2v) is 5.81. The van der Waals surface area contributed by atoms with Gasteiger partial charge in [-0.1, -0.05) is 50.2 Å². The highest BCUT2D eigenvalue weighted by Crippen LogP contribution is 2.31. The second kappa shape index (κ2) is 6.96.